The monoisotopic (exact) mass is 532 g/mol. The van der Waals surface area contributed by atoms with Crippen LogP contribution in [0.3, 0.4) is 0 Å². The summed E-state index contributed by atoms with van der Waals surface area (Å²) in [5.41, 5.74) is 1.19. The van der Waals surface area contributed by atoms with E-state index < -0.39 is 0 Å². The van der Waals surface area contributed by atoms with Crippen LogP contribution in [0, 0.1) is 5.92 Å². The number of nitrogens with one attached hydrogen (secondary N) is 3. The van der Waals surface area contributed by atoms with Gasteiger partial charge in [-0.25, -0.2) is 0 Å². The molecule has 0 spiro atoms. The summed E-state index contributed by atoms with van der Waals surface area (Å²) in [7, 11) is 1.76. The molecule has 1 aliphatic rings. The number of amides is 1. The molecule has 0 heterocycles. The Morgan fingerprint density at radius 3 is 2.47 bits per heavy atom. The number of hydrogen-bond acceptors (Lipinski definition) is 4. The lowest BCUT2D eigenvalue weighted by atomic mass is 10.1. The van der Waals surface area contributed by atoms with E-state index in [1.807, 2.05) is 24.3 Å². The average Bonchev–Trinajstić information content (AvgIpc) is 3.52. The lowest BCUT2D eigenvalue weighted by Crippen LogP contribution is -2.39. The highest BCUT2D eigenvalue weighted by Crippen LogP contribution is 2.18. The second-order valence-corrected chi connectivity index (χ2v) is 7.75. The summed E-state index contributed by atoms with van der Waals surface area (Å²) in [5.74, 6) is 2.11. The quantitative estimate of drug-likeness (QED) is 0.158. The molecule has 1 aromatic rings. The van der Waals surface area contributed by atoms with Gasteiger partial charge < -0.3 is 25.4 Å². The zero-order valence-corrected chi connectivity index (χ0v) is 20.7. The third kappa shape index (κ3) is 12.2. The molecule has 170 valence electrons. The van der Waals surface area contributed by atoms with Crippen molar-refractivity contribution in [2.45, 2.75) is 45.6 Å². The van der Waals surface area contributed by atoms with Crippen molar-refractivity contribution in [3.05, 3.63) is 29.8 Å². The van der Waals surface area contributed by atoms with Crippen molar-refractivity contribution in [2.24, 2.45) is 10.9 Å². The smallest absolute Gasteiger partial charge is 0.258 e. The maximum atomic E-state index is 11.7. The molecule has 0 unspecified atom stereocenters. The van der Waals surface area contributed by atoms with Crippen molar-refractivity contribution in [1.29, 1.82) is 0 Å². The van der Waals surface area contributed by atoms with E-state index in [1.165, 1.54) is 5.56 Å². The normalized spacial score (nSPS) is 13.5. The lowest BCUT2D eigenvalue weighted by molar-refractivity contribution is -0.123. The Kier molecular flexibility index (Phi) is 13.5. The molecule has 30 heavy (non-hydrogen) atoms. The molecular weight excluding hydrogens is 495 g/mol. The molecule has 0 aromatic heterocycles. The highest BCUT2D eigenvalue weighted by molar-refractivity contribution is 14.0. The molecule has 0 saturated heterocycles. The molecule has 3 N–H and O–H groups in total. The van der Waals surface area contributed by atoms with E-state index >= 15 is 0 Å². The second-order valence-electron chi connectivity index (χ2n) is 7.75. The van der Waals surface area contributed by atoms with Crippen molar-refractivity contribution in [1.82, 2.24) is 16.0 Å². The van der Waals surface area contributed by atoms with Gasteiger partial charge >= 0.3 is 0 Å². The van der Waals surface area contributed by atoms with Gasteiger partial charge in [-0.1, -0.05) is 26.0 Å². The largest absolute Gasteiger partial charge is 0.484 e. The van der Waals surface area contributed by atoms with Crippen LogP contribution in [0.15, 0.2) is 29.3 Å². The van der Waals surface area contributed by atoms with Gasteiger partial charge in [0.2, 0.25) is 0 Å². The molecule has 0 atom stereocenters. The van der Waals surface area contributed by atoms with Crippen LogP contribution in [0.25, 0.3) is 0 Å². The molecule has 7 nitrogen and oxygen atoms in total. The van der Waals surface area contributed by atoms with Gasteiger partial charge in [0.05, 0.1) is 6.61 Å². The minimum Gasteiger partial charge on any atom is -0.484 e. The first-order valence-corrected chi connectivity index (χ1v) is 10.6. The first-order chi connectivity index (χ1) is 14.1. The van der Waals surface area contributed by atoms with Gasteiger partial charge in [-0.2, -0.15) is 0 Å². The highest BCUT2D eigenvalue weighted by Gasteiger charge is 2.23. The van der Waals surface area contributed by atoms with Crippen LogP contribution in [-0.4, -0.2) is 57.9 Å². The molecule has 1 aliphatic carbocycles. The Balaban J connectivity index is 0.00000450. The molecule has 2 rings (SSSR count). The summed E-state index contributed by atoms with van der Waals surface area (Å²) >= 11 is 0. The van der Waals surface area contributed by atoms with Crippen LogP contribution < -0.4 is 20.7 Å². The molecular formula is C22H37IN4O3. The summed E-state index contributed by atoms with van der Waals surface area (Å²) in [6.07, 6.45) is 4.12. The molecule has 1 fully saturated rings. The molecule has 0 radical (unpaired) electrons. The predicted octanol–water partition coefficient (Wildman–Crippen LogP) is 2.73. The third-order valence-corrected chi connectivity index (χ3v) is 4.54. The molecule has 1 saturated carbocycles. The first-order valence-electron chi connectivity index (χ1n) is 10.6. The number of carbonyl (C=O) groups excluding carboxylic acids is 1. The van der Waals surface area contributed by atoms with E-state index in [0.717, 1.165) is 51.3 Å². The van der Waals surface area contributed by atoms with E-state index in [-0.39, 0.29) is 36.5 Å². The zero-order chi connectivity index (χ0) is 20.9. The standard InChI is InChI=1S/C22H36N4O3.HI/c1-17(2)11-14-28-15-13-25-22(23-3)24-12-10-18-4-8-20(9-5-18)29-16-21(27)26-19-6-7-19;/h4-5,8-9,17,19H,6-7,10-16H2,1-3H3,(H,26,27)(H2,23,24,25);1H. The van der Waals surface area contributed by atoms with E-state index in [4.69, 9.17) is 9.47 Å². The Morgan fingerprint density at radius 2 is 1.83 bits per heavy atom. The number of nitrogens with zero attached hydrogens (tertiary/aromatic N) is 1. The van der Waals surface area contributed by atoms with E-state index in [1.54, 1.807) is 7.05 Å². The number of carbonyl (C=O) groups is 1. The van der Waals surface area contributed by atoms with Crippen LogP contribution in [0.5, 0.6) is 5.75 Å². The predicted molar refractivity (Wildman–Crippen MR) is 132 cm³/mol. The van der Waals surface area contributed by atoms with E-state index in [2.05, 4.69) is 34.8 Å². The molecule has 8 heteroatoms. The summed E-state index contributed by atoms with van der Waals surface area (Å²) in [6, 6.07) is 8.22. The van der Waals surface area contributed by atoms with Gasteiger partial charge in [0, 0.05) is 32.8 Å². The summed E-state index contributed by atoms with van der Waals surface area (Å²) in [6.45, 7) is 7.45. The van der Waals surface area contributed by atoms with Gasteiger partial charge in [0.25, 0.3) is 5.91 Å². The Morgan fingerprint density at radius 1 is 1.13 bits per heavy atom. The van der Waals surface area contributed by atoms with Gasteiger partial charge in [0.15, 0.2) is 12.6 Å². The SMILES string of the molecule is CN=C(NCCOCCC(C)C)NCCc1ccc(OCC(=O)NC2CC2)cc1.I. The number of halogens is 1. The van der Waals surface area contributed by atoms with Crippen LogP contribution in [0.1, 0.15) is 38.7 Å². The number of guanidine groups is 1. The first kappa shape index (κ1) is 26.5. The molecule has 0 bridgehead atoms. The topological polar surface area (TPSA) is 84.0 Å². The Bertz CT molecular complexity index is 634. The zero-order valence-electron chi connectivity index (χ0n) is 18.4. The van der Waals surface area contributed by atoms with Crippen molar-refractivity contribution in [3.8, 4) is 5.75 Å². The number of aliphatic imine (C=N–C) groups is 1. The fourth-order valence-electron chi connectivity index (χ4n) is 2.61. The van der Waals surface area contributed by atoms with Crippen molar-refractivity contribution in [3.63, 3.8) is 0 Å². The van der Waals surface area contributed by atoms with Crippen molar-refractivity contribution < 1.29 is 14.3 Å². The Labute approximate surface area is 197 Å². The Hall–Kier alpha value is -1.55. The van der Waals surface area contributed by atoms with Crippen molar-refractivity contribution >= 4 is 35.8 Å². The summed E-state index contributed by atoms with van der Waals surface area (Å²) in [4.78, 5) is 15.9. The maximum Gasteiger partial charge on any atom is 0.258 e. The number of rotatable bonds is 13. The number of ether oxygens (including phenoxy) is 2. The average molecular weight is 532 g/mol. The maximum absolute atomic E-state index is 11.7. The van der Waals surface area contributed by atoms with Crippen LogP contribution in [-0.2, 0) is 16.0 Å². The minimum absolute atomic E-state index is 0. The van der Waals surface area contributed by atoms with Gasteiger partial charge in [-0.3, -0.25) is 9.79 Å². The molecule has 1 aromatic carbocycles. The molecule has 0 aliphatic heterocycles. The van der Waals surface area contributed by atoms with Crippen molar-refractivity contribution in [2.75, 3.05) is 40.0 Å². The highest BCUT2D eigenvalue weighted by atomic mass is 127. The molecule has 1 amide bonds. The van der Waals surface area contributed by atoms with Crippen LogP contribution >= 0.6 is 24.0 Å². The number of hydrogen-bond donors (Lipinski definition) is 3. The minimum atomic E-state index is -0.0509. The van der Waals surface area contributed by atoms with Gasteiger partial charge in [0.1, 0.15) is 5.75 Å². The van der Waals surface area contributed by atoms with Crippen LogP contribution in [0.4, 0.5) is 0 Å². The lowest BCUT2D eigenvalue weighted by Gasteiger charge is -2.13. The second kappa shape index (κ2) is 15.3. The van der Waals surface area contributed by atoms with E-state index in [0.29, 0.717) is 24.3 Å². The number of benzene rings is 1. The fraction of sp³-hybridized carbons (Fsp3) is 0.636. The van der Waals surface area contributed by atoms with Gasteiger partial charge in [-0.15, -0.1) is 24.0 Å². The fourth-order valence-corrected chi connectivity index (χ4v) is 2.61. The summed E-state index contributed by atoms with van der Waals surface area (Å²) < 4.78 is 11.1. The van der Waals surface area contributed by atoms with Crippen LogP contribution in [0.2, 0.25) is 0 Å². The van der Waals surface area contributed by atoms with Gasteiger partial charge in [-0.05, 0) is 49.3 Å². The third-order valence-electron chi connectivity index (χ3n) is 4.54. The summed E-state index contributed by atoms with van der Waals surface area (Å²) in [5, 5.41) is 9.47. The van der Waals surface area contributed by atoms with E-state index in [9.17, 15) is 4.79 Å².